The molecule has 2 nitrogen and oxygen atoms in total. The minimum atomic E-state index is -9.68. The number of amidine groups is 1. The van der Waals surface area contributed by atoms with Crippen LogP contribution in [0.4, 0.5) is 19.4 Å². The van der Waals surface area contributed by atoms with Crippen LogP contribution in [-0.4, -0.2) is 17.6 Å². The monoisotopic (exact) mass is 320 g/mol. The van der Waals surface area contributed by atoms with E-state index in [1.54, 1.807) is 30.3 Å². The van der Waals surface area contributed by atoms with E-state index >= 15 is 0 Å². The molecule has 1 heterocycles. The van der Waals surface area contributed by atoms with Gasteiger partial charge in [0.25, 0.3) is 0 Å². The summed E-state index contributed by atoms with van der Waals surface area (Å²) in [5.74, 6) is 0.236. The molecule has 112 valence electrons. The van der Waals surface area contributed by atoms with E-state index in [-0.39, 0.29) is 11.5 Å². The number of rotatable bonds is 2. The first-order valence-corrected chi connectivity index (χ1v) is 7.84. The number of halogens is 5. The van der Waals surface area contributed by atoms with Gasteiger partial charge in [-0.3, -0.25) is 4.99 Å². The van der Waals surface area contributed by atoms with E-state index in [0.29, 0.717) is 17.7 Å². The van der Waals surface area contributed by atoms with E-state index in [1.165, 1.54) is 0 Å². The van der Waals surface area contributed by atoms with Gasteiger partial charge in [-0.2, -0.15) is 0 Å². The molecule has 0 amide bonds. The van der Waals surface area contributed by atoms with Crippen molar-refractivity contribution >= 4 is 21.8 Å². The Morgan fingerprint density at radius 3 is 2.24 bits per heavy atom. The zero-order valence-electron chi connectivity index (χ0n) is 10.4. The molecule has 0 saturated heterocycles. The fourth-order valence-corrected chi connectivity index (χ4v) is 2.70. The summed E-state index contributed by atoms with van der Waals surface area (Å²) in [5, 5.41) is 0. The normalized spacial score (nSPS) is 24.4. The van der Waals surface area contributed by atoms with Gasteiger partial charge in [-0.05, 0) is 12.2 Å². The highest BCUT2D eigenvalue weighted by molar-refractivity contribution is 8.48. The van der Waals surface area contributed by atoms with Crippen molar-refractivity contribution in [2.75, 3.05) is 0 Å². The highest BCUT2D eigenvalue weighted by atomic mass is 32.5. The van der Waals surface area contributed by atoms with Crippen LogP contribution in [0.1, 0.15) is 5.56 Å². The van der Waals surface area contributed by atoms with Gasteiger partial charge >= 0.3 is 10.2 Å². The molecule has 0 bridgehead atoms. The number of hydrogen-bond acceptors (Lipinski definition) is 2. The lowest BCUT2D eigenvalue weighted by atomic mass is 10.1. The van der Waals surface area contributed by atoms with E-state index in [9.17, 15) is 19.4 Å². The minimum Gasteiger partial charge on any atom is -0.252 e. The van der Waals surface area contributed by atoms with Gasteiger partial charge in [0.1, 0.15) is 10.9 Å². The van der Waals surface area contributed by atoms with E-state index in [4.69, 9.17) is 0 Å². The number of fused-ring (bicyclic) bond motifs is 1. The first kappa shape index (κ1) is 14.0. The van der Waals surface area contributed by atoms with Crippen LogP contribution in [-0.2, 0) is 0 Å². The molecule has 1 aliphatic heterocycles. The third kappa shape index (κ3) is 2.76. The van der Waals surface area contributed by atoms with Gasteiger partial charge < -0.3 is 0 Å². The Morgan fingerprint density at radius 1 is 0.952 bits per heavy atom. The molecule has 0 unspecified atom stereocenters. The number of nitrogens with zero attached hydrogens (tertiary/aromatic N) is 2. The topological polar surface area (TPSA) is 24.7 Å². The van der Waals surface area contributed by atoms with Crippen LogP contribution in [0.3, 0.4) is 0 Å². The molecule has 0 aromatic heterocycles. The quantitative estimate of drug-likeness (QED) is 0.685. The van der Waals surface area contributed by atoms with Crippen LogP contribution in [0.25, 0.3) is 0 Å². The predicted octanol–water partition coefficient (Wildman–Crippen LogP) is 5.01. The summed E-state index contributed by atoms with van der Waals surface area (Å²) in [6, 6.07) is 7.87. The average molecular weight is 320 g/mol. The zero-order chi connectivity index (χ0) is 15.4. The summed E-state index contributed by atoms with van der Waals surface area (Å²) < 4.78 is 63.8. The maximum atomic E-state index is 12.8. The first-order chi connectivity index (χ1) is 9.53. The summed E-state index contributed by atoms with van der Waals surface area (Å²) in [7, 11) is -9.68. The van der Waals surface area contributed by atoms with Crippen LogP contribution < -0.4 is 0 Å². The van der Waals surface area contributed by atoms with Crippen LogP contribution in [0.5, 0.6) is 0 Å². The van der Waals surface area contributed by atoms with Crippen molar-refractivity contribution in [2.24, 2.45) is 9.98 Å². The molecule has 3 rings (SSSR count). The van der Waals surface area contributed by atoms with Crippen molar-refractivity contribution in [3.63, 3.8) is 0 Å². The van der Waals surface area contributed by atoms with Gasteiger partial charge in [0, 0.05) is 5.56 Å². The van der Waals surface area contributed by atoms with Crippen molar-refractivity contribution in [3.05, 3.63) is 59.0 Å². The standard InChI is InChI=1S/C13H9F5N2S/c14-21(15,16,17,18)10-6-7-11-12(8-10)20-13(19-11)9-4-2-1-3-5-9/h1-8,11H/t11-/m1/s1. The lowest BCUT2D eigenvalue weighted by molar-refractivity contribution is 0.380. The Balaban J connectivity index is 2.01. The van der Waals surface area contributed by atoms with Gasteiger partial charge in [-0.15, -0.1) is 0 Å². The van der Waals surface area contributed by atoms with E-state index in [1.807, 2.05) is 0 Å². The molecule has 0 spiro atoms. The Morgan fingerprint density at radius 2 is 1.62 bits per heavy atom. The molecule has 8 heteroatoms. The maximum Gasteiger partial charge on any atom is 0.310 e. The van der Waals surface area contributed by atoms with E-state index < -0.39 is 21.2 Å². The fraction of sp³-hybridized carbons (Fsp3) is 0.0769. The SMILES string of the molecule is FS(F)(F)(F)(F)C1=CC2=NC(c3ccccc3)=N[C@@H]2C=C1. The van der Waals surface area contributed by atoms with Crippen molar-refractivity contribution in [1.29, 1.82) is 0 Å². The van der Waals surface area contributed by atoms with Gasteiger partial charge in [-0.1, -0.05) is 55.8 Å². The number of aliphatic imine (C=N–C) groups is 2. The van der Waals surface area contributed by atoms with Gasteiger partial charge in [0.15, 0.2) is 5.84 Å². The lowest BCUT2D eigenvalue weighted by Gasteiger charge is -2.42. The summed E-state index contributed by atoms with van der Waals surface area (Å²) in [5.41, 5.74) is 0.495. The second-order valence-electron chi connectivity index (χ2n) is 4.68. The summed E-state index contributed by atoms with van der Waals surface area (Å²) in [6.45, 7) is 0. The third-order valence-electron chi connectivity index (χ3n) is 3.01. The van der Waals surface area contributed by atoms with Crippen LogP contribution in [0, 0.1) is 0 Å². The van der Waals surface area contributed by atoms with E-state index in [2.05, 4.69) is 9.98 Å². The smallest absolute Gasteiger partial charge is 0.252 e. The van der Waals surface area contributed by atoms with Crippen LogP contribution >= 0.6 is 10.2 Å². The summed E-state index contributed by atoms with van der Waals surface area (Å²) in [6.07, 6.45) is 1.75. The lowest BCUT2D eigenvalue weighted by Crippen LogP contribution is -2.18. The van der Waals surface area contributed by atoms with Crippen LogP contribution in [0.2, 0.25) is 0 Å². The molecule has 1 aromatic rings. The maximum absolute atomic E-state index is 12.8. The fourth-order valence-electron chi connectivity index (χ4n) is 2.02. The van der Waals surface area contributed by atoms with Crippen molar-refractivity contribution in [3.8, 4) is 0 Å². The second kappa shape index (κ2) is 3.62. The van der Waals surface area contributed by atoms with Gasteiger partial charge in [0.2, 0.25) is 0 Å². The Kier molecular flexibility index (Phi) is 2.41. The molecule has 0 radical (unpaired) electrons. The molecule has 21 heavy (non-hydrogen) atoms. The van der Waals surface area contributed by atoms with Crippen molar-refractivity contribution < 1.29 is 19.4 Å². The first-order valence-electron chi connectivity index (χ1n) is 5.89. The summed E-state index contributed by atoms with van der Waals surface area (Å²) in [4.78, 5) is 6.12. The number of hydrogen-bond donors (Lipinski definition) is 0. The molecule has 1 aliphatic carbocycles. The van der Waals surface area contributed by atoms with Gasteiger partial charge in [-0.25, -0.2) is 4.99 Å². The zero-order valence-corrected chi connectivity index (χ0v) is 11.2. The van der Waals surface area contributed by atoms with Crippen molar-refractivity contribution in [2.45, 2.75) is 6.04 Å². The molecular formula is C13H9F5N2S. The van der Waals surface area contributed by atoms with E-state index in [0.717, 1.165) is 6.08 Å². The molecular weight excluding hydrogens is 311 g/mol. The molecule has 0 N–H and O–H groups in total. The minimum absolute atomic E-state index is 0.125. The molecule has 1 aromatic carbocycles. The average Bonchev–Trinajstić information content (AvgIpc) is 2.80. The molecule has 0 saturated carbocycles. The molecule has 1 atom stereocenters. The third-order valence-corrected chi connectivity index (χ3v) is 4.15. The Labute approximate surface area is 117 Å². The highest BCUT2D eigenvalue weighted by Gasteiger charge is 2.66. The van der Waals surface area contributed by atoms with Crippen molar-refractivity contribution in [1.82, 2.24) is 0 Å². The predicted molar refractivity (Wildman–Crippen MR) is 74.6 cm³/mol. The molecule has 0 fully saturated rings. The number of allylic oxidation sites excluding steroid dienone is 1. The Hall–Kier alpha value is -1.96. The Bertz CT molecular complexity index is 729. The second-order valence-corrected chi connectivity index (χ2v) is 7.08. The molecule has 2 aliphatic rings. The highest BCUT2D eigenvalue weighted by Crippen LogP contribution is 3.02. The summed E-state index contributed by atoms with van der Waals surface area (Å²) >= 11 is 0. The number of benzene rings is 1. The van der Waals surface area contributed by atoms with Gasteiger partial charge in [0.05, 0.1) is 5.71 Å². The largest absolute Gasteiger partial charge is 0.310 e. The van der Waals surface area contributed by atoms with Crippen LogP contribution in [0.15, 0.2) is 63.4 Å².